The van der Waals surface area contributed by atoms with Gasteiger partial charge in [-0.1, -0.05) is 0 Å². The summed E-state index contributed by atoms with van der Waals surface area (Å²) in [4.78, 5) is 18.9. The third kappa shape index (κ3) is 4.76. The van der Waals surface area contributed by atoms with E-state index in [0.29, 0.717) is 27.7 Å². The molecule has 0 radical (unpaired) electrons. The summed E-state index contributed by atoms with van der Waals surface area (Å²) in [5, 5.41) is 5.72. The zero-order valence-corrected chi connectivity index (χ0v) is 15.9. The predicted octanol–water partition coefficient (Wildman–Crippen LogP) is 3.66. The van der Waals surface area contributed by atoms with Crippen molar-refractivity contribution >= 4 is 39.8 Å². The Kier molecular flexibility index (Phi) is 5.60. The van der Waals surface area contributed by atoms with E-state index in [4.69, 9.17) is 4.18 Å². The Labute approximate surface area is 158 Å². The quantitative estimate of drug-likeness (QED) is 0.595. The SMILES string of the molecule is COC(=O)Nc1nc2ccc(OS(=O)c3ccc(NC(C)C)cc3)cc2[nH]1. The molecule has 0 aliphatic rings. The van der Waals surface area contributed by atoms with Gasteiger partial charge in [-0.05, 0) is 50.2 Å². The van der Waals surface area contributed by atoms with E-state index in [1.165, 1.54) is 7.11 Å². The molecule has 0 bridgehead atoms. The first-order valence-corrected chi connectivity index (χ1v) is 9.33. The number of rotatable bonds is 6. The first kappa shape index (κ1) is 18.7. The number of hydrogen-bond acceptors (Lipinski definition) is 6. The predicted molar refractivity (Wildman–Crippen MR) is 104 cm³/mol. The van der Waals surface area contributed by atoms with Crippen LogP contribution >= 0.6 is 0 Å². The lowest BCUT2D eigenvalue weighted by Gasteiger charge is -2.10. The summed E-state index contributed by atoms with van der Waals surface area (Å²) in [6, 6.07) is 12.6. The molecule has 1 amide bonds. The van der Waals surface area contributed by atoms with Gasteiger partial charge in [-0.25, -0.2) is 14.0 Å². The van der Waals surface area contributed by atoms with Gasteiger partial charge < -0.3 is 19.2 Å². The fourth-order valence-corrected chi connectivity index (χ4v) is 3.11. The van der Waals surface area contributed by atoms with Gasteiger partial charge in [0.1, 0.15) is 5.75 Å². The minimum atomic E-state index is -1.65. The monoisotopic (exact) mass is 388 g/mol. The lowest BCUT2D eigenvalue weighted by Crippen LogP contribution is -2.11. The minimum Gasteiger partial charge on any atom is -0.453 e. The van der Waals surface area contributed by atoms with Crippen molar-refractivity contribution in [2.24, 2.45) is 0 Å². The van der Waals surface area contributed by atoms with Crippen molar-refractivity contribution in [3.8, 4) is 5.75 Å². The van der Waals surface area contributed by atoms with Crippen LogP contribution in [0.2, 0.25) is 0 Å². The van der Waals surface area contributed by atoms with Crippen LogP contribution in [0.25, 0.3) is 11.0 Å². The molecule has 3 aromatic rings. The lowest BCUT2D eigenvalue weighted by molar-refractivity contribution is 0.186. The first-order chi connectivity index (χ1) is 12.9. The number of ether oxygens (including phenoxy) is 1. The number of amides is 1. The number of nitrogens with one attached hydrogen (secondary N) is 3. The second-order valence-corrected chi connectivity index (χ2v) is 7.13. The second kappa shape index (κ2) is 8.09. The Morgan fingerprint density at radius 1 is 1.19 bits per heavy atom. The summed E-state index contributed by atoms with van der Waals surface area (Å²) in [5.74, 6) is 0.668. The van der Waals surface area contributed by atoms with Gasteiger partial charge in [-0.2, -0.15) is 0 Å². The Balaban J connectivity index is 1.71. The Morgan fingerprint density at radius 2 is 1.93 bits per heavy atom. The molecule has 0 fully saturated rings. The minimum absolute atomic E-state index is 0.253. The number of imidazole rings is 1. The molecule has 1 atom stereocenters. The third-order valence-corrected chi connectivity index (χ3v) is 4.53. The fraction of sp³-hybridized carbons (Fsp3) is 0.222. The average Bonchev–Trinajstić information content (AvgIpc) is 3.03. The van der Waals surface area contributed by atoms with Gasteiger partial charge in [0.15, 0.2) is 0 Å². The molecule has 1 heterocycles. The van der Waals surface area contributed by atoms with E-state index in [1.807, 2.05) is 26.0 Å². The first-order valence-electron chi connectivity index (χ1n) is 8.26. The summed E-state index contributed by atoms with van der Waals surface area (Å²) in [7, 11) is 1.27. The molecule has 3 rings (SSSR count). The zero-order valence-electron chi connectivity index (χ0n) is 15.1. The van der Waals surface area contributed by atoms with Gasteiger partial charge in [0.05, 0.1) is 23.0 Å². The molecule has 0 saturated heterocycles. The lowest BCUT2D eigenvalue weighted by atomic mass is 10.3. The highest BCUT2D eigenvalue weighted by molar-refractivity contribution is 7.80. The molecule has 0 aliphatic heterocycles. The highest BCUT2D eigenvalue weighted by atomic mass is 32.2. The standard InChI is InChI=1S/C18H20N4O4S/c1-11(2)19-12-4-7-14(8-5-12)27(24)26-13-6-9-15-16(10-13)21-17(20-15)22-18(23)25-3/h4-11,19H,1-3H3,(H2,20,21,22,23). The van der Waals surface area contributed by atoms with E-state index in [-0.39, 0.29) is 5.95 Å². The molecule has 142 valence electrons. The maximum Gasteiger partial charge on any atom is 0.413 e. The van der Waals surface area contributed by atoms with Crippen LogP contribution in [0.4, 0.5) is 16.4 Å². The van der Waals surface area contributed by atoms with Crippen LogP contribution in [0.1, 0.15) is 13.8 Å². The average molecular weight is 388 g/mol. The number of nitrogens with zero attached hydrogens (tertiary/aromatic N) is 1. The van der Waals surface area contributed by atoms with Crippen molar-refractivity contribution in [3.05, 3.63) is 42.5 Å². The Bertz CT molecular complexity index is 969. The fourth-order valence-electron chi connectivity index (χ4n) is 2.38. The smallest absolute Gasteiger partial charge is 0.413 e. The van der Waals surface area contributed by atoms with Crippen LogP contribution in [0.5, 0.6) is 5.75 Å². The molecule has 0 saturated carbocycles. The van der Waals surface area contributed by atoms with Crippen LogP contribution in [-0.4, -0.2) is 33.4 Å². The summed E-state index contributed by atoms with van der Waals surface area (Å²) < 4.78 is 22.5. The molecule has 2 aromatic carbocycles. The molecular formula is C18H20N4O4S. The van der Waals surface area contributed by atoms with E-state index >= 15 is 0 Å². The van der Waals surface area contributed by atoms with Gasteiger partial charge in [0.25, 0.3) is 0 Å². The Morgan fingerprint density at radius 3 is 2.59 bits per heavy atom. The number of aromatic nitrogens is 2. The molecule has 9 heteroatoms. The number of hydrogen-bond donors (Lipinski definition) is 3. The molecule has 1 aromatic heterocycles. The van der Waals surface area contributed by atoms with Crippen LogP contribution < -0.4 is 14.8 Å². The van der Waals surface area contributed by atoms with Gasteiger partial charge in [0, 0.05) is 17.8 Å². The molecule has 8 nitrogen and oxygen atoms in total. The summed E-state index contributed by atoms with van der Waals surface area (Å²) in [6.45, 7) is 4.10. The van der Waals surface area contributed by atoms with Gasteiger partial charge in [-0.3, -0.25) is 5.32 Å². The van der Waals surface area contributed by atoms with Crippen LogP contribution in [0.3, 0.4) is 0 Å². The van der Waals surface area contributed by atoms with Gasteiger partial charge in [-0.15, -0.1) is 0 Å². The van der Waals surface area contributed by atoms with E-state index in [2.05, 4.69) is 25.3 Å². The van der Waals surface area contributed by atoms with Crippen LogP contribution in [-0.2, 0) is 15.8 Å². The van der Waals surface area contributed by atoms with Gasteiger partial charge >= 0.3 is 6.09 Å². The van der Waals surface area contributed by atoms with E-state index < -0.39 is 17.2 Å². The van der Waals surface area contributed by atoms with Crippen molar-refractivity contribution in [1.29, 1.82) is 0 Å². The Hall–Kier alpha value is -3.07. The second-order valence-electron chi connectivity index (χ2n) is 6.02. The zero-order chi connectivity index (χ0) is 19.4. The number of H-pyrrole nitrogens is 1. The van der Waals surface area contributed by atoms with Crippen molar-refractivity contribution in [2.75, 3.05) is 17.7 Å². The summed E-state index contributed by atoms with van der Waals surface area (Å²) in [5.41, 5.74) is 2.21. The normalized spacial score (nSPS) is 12.0. The van der Waals surface area contributed by atoms with Crippen LogP contribution in [0.15, 0.2) is 47.4 Å². The summed E-state index contributed by atoms with van der Waals surface area (Å²) in [6.07, 6.45) is -0.623. The largest absolute Gasteiger partial charge is 0.453 e. The van der Waals surface area contributed by atoms with Crippen molar-refractivity contribution in [2.45, 2.75) is 24.8 Å². The third-order valence-electron chi connectivity index (χ3n) is 3.53. The number of carbonyl (C=O) groups is 1. The highest BCUT2D eigenvalue weighted by Gasteiger charge is 2.11. The van der Waals surface area contributed by atoms with Crippen molar-refractivity contribution in [1.82, 2.24) is 9.97 Å². The van der Waals surface area contributed by atoms with Crippen molar-refractivity contribution < 1.29 is 17.9 Å². The molecule has 0 aliphatic carbocycles. The number of benzene rings is 2. The van der Waals surface area contributed by atoms with E-state index in [0.717, 1.165) is 5.69 Å². The summed E-state index contributed by atoms with van der Waals surface area (Å²) >= 11 is -1.65. The number of anilines is 2. The van der Waals surface area contributed by atoms with Crippen molar-refractivity contribution in [3.63, 3.8) is 0 Å². The topological polar surface area (TPSA) is 105 Å². The van der Waals surface area contributed by atoms with E-state index in [1.54, 1.807) is 30.3 Å². The maximum atomic E-state index is 12.4. The maximum absolute atomic E-state index is 12.4. The molecular weight excluding hydrogens is 368 g/mol. The number of carbonyl (C=O) groups excluding carboxylic acids is 1. The molecule has 0 spiro atoms. The van der Waals surface area contributed by atoms with Crippen LogP contribution in [0, 0.1) is 0 Å². The molecule has 1 unspecified atom stereocenters. The van der Waals surface area contributed by atoms with E-state index in [9.17, 15) is 9.00 Å². The molecule has 27 heavy (non-hydrogen) atoms. The number of aromatic amines is 1. The highest BCUT2D eigenvalue weighted by Crippen LogP contribution is 2.23. The van der Waals surface area contributed by atoms with Gasteiger partial charge in [0.2, 0.25) is 17.0 Å². The number of fused-ring (bicyclic) bond motifs is 1. The molecule has 3 N–H and O–H groups in total. The number of methoxy groups -OCH3 is 1.